The molecule has 3 heteroatoms. The van der Waals surface area contributed by atoms with Gasteiger partial charge in [0.15, 0.2) is 0 Å². The summed E-state index contributed by atoms with van der Waals surface area (Å²) in [5.74, 6) is 0. The number of likely N-dealkylation sites (tertiary alicyclic amines) is 1. The van der Waals surface area contributed by atoms with Crippen molar-refractivity contribution in [2.24, 2.45) is 0 Å². The number of nitrogens with zero attached hydrogens (tertiary/aromatic N) is 1. The Bertz CT molecular complexity index is 119. The van der Waals surface area contributed by atoms with Crippen molar-refractivity contribution in [2.75, 3.05) is 26.7 Å². The van der Waals surface area contributed by atoms with Gasteiger partial charge in [-0.3, -0.25) is 0 Å². The molecule has 66 valence electrons. The Balaban J connectivity index is 2.17. The second-order valence-electron chi connectivity index (χ2n) is 3.50. The number of hydrogen-bond acceptors (Lipinski definition) is 3. The Labute approximate surface area is 68.4 Å². The van der Waals surface area contributed by atoms with Crippen LogP contribution >= 0.6 is 0 Å². The maximum atomic E-state index is 8.78. The largest absolute Gasteiger partial charge is 0.395 e. The third kappa shape index (κ3) is 2.77. The molecule has 0 radical (unpaired) electrons. The third-order valence-electron chi connectivity index (χ3n) is 2.19. The van der Waals surface area contributed by atoms with Crippen LogP contribution in [0.25, 0.3) is 0 Å². The molecule has 0 aromatic rings. The molecule has 1 saturated heterocycles. The Morgan fingerprint density at radius 1 is 1.73 bits per heavy atom. The van der Waals surface area contributed by atoms with Gasteiger partial charge in [-0.2, -0.15) is 0 Å². The van der Waals surface area contributed by atoms with Gasteiger partial charge in [-0.05, 0) is 26.9 Å². The van der Waals surface area contributed by atoms with Crippen molar-refractivity contribution in [3.8, 4) is 0 Å². The molecule has 1 heterocycles. The minimum absolute atomic E-state index is 0.236. The molecule has 1 rings (SSSR count). The topological polar surface area (TPSA) is 35.5 Å². The van der Waals surface area contributed by atoms with Gasteiger partial charge in [0.25, 0.3) is 0 Å². The van der Waals surface area contributed by atoms with Gasteiger partial charge >= 0.3 is 0 Å². The highest BCUT2D eigenvalue weighted by molar-refractivity contribution is 4.80. The average Bonchev–Trinajstić information content (AvgIpc) is 2.35. The summed E-state index contributed by atoms with van der Waals surface area (Å²) in [4.78, 5) is 2.31. The molecule has 1 fully saturated rings. The van der Waals surface area contributed by atoms with Crippen LogP contribution in [0.2, 0.25) is 0 Å². The van der Waals surface area contributed by atoms with Gasteiger partial charge in [-0.1, -0.05) is 0 Å². The molecule has 11 heavy (non-hydrogen) atoms. The summed E-state index contributed by atoms with van der Waals surface area (Å²) in [7, 11) is 2.13. The van der Waals surface area contributed by atoms with Crippen LogP contribution in [0.1, 0.15) is 13.3 Å². The lowest BCUT2D eigenvalue weighted by Crippen LogP contribution is -2.39. The molecule has 0 aliphatic carbocycles. The van der Waals surface area contributed by atoms with Crippen molar-refractivity contribution in [3.63, 3.8) is 0 Å². The van der Waals surface area contributed by atoms with Crippen molar-refractivity contribution >= 4 is 0 Å². The normalized spacial score (nSPS) is 29.2. The van der Waals surface area contributed by atoms with Crippen LogP contribution in [0.5, 0.6) is 0 Å². The second-order valence-corrected chi connectivity index (χ2v) is 3.50. The minimum Gasteiger partial charge on any atom is -0.395 e. The standard InChI is InChI=1S/C8H18N2O/c1-7(6-11)9-8-3-4-10(2)5-8/h7-9,11H,3-6H2,1-2H3/t7-,8?/m0/s1. The molecule has 3 nitrogen and oxygen atoms in total. The highest BCUT2D eigenvalue weighted by atomic mass is 16.3. The third-order valence-corrected chi connectivity index (χ3v) is 2.19. The van der Waals surface area contributed by atoms with Gasteiger partial charge in [0, 0.05) is 18.6 Å². The molecule has 0 spiro atoms. The fraction of sp³-hybridized carbons (Fsp3) is 1.00. The van der Waals surface area contributed by atoms with Gasteiger partial charge in [-0.25, -0.2) is 0 Å². The van der Waals surface area contributed by atoms with Crippen molar-refractivity contribution in [1.82, 2.24) is 10.2 Å². The summed E-state index contributed by atoms with van der Waals surface area (Å²) in [6.07, 6.45) is 1.21. The predicted molar refractivity (Wildman–Crippen MR) is 45.6 cm³/mol. The average molecular weight is 158 g/mol. The van der Waals surface area contributed by atoms with Crippen molar-refractivity contribution in [1.29, 1.82) is 0 Å². The van der Waals surface area contributed by atoms with E-state index in [4.69, 9.17) is 5.11 Å². The molecular formula is C8H18N2O. The number of aliphatic hydroxyl groups excluding tert-OH is 1. The number of rotatable bonds is 3. The fourth-order valence-corrected chi connectivity index (χ4v) is 1.53. The van der Waals surface area contributed by atoms with Crippen LogP contribution in [0.15, 0.2) is 0 Å². The molecule has 0 aromatic carbocycles. The van der Waals surface area contributed by atoms with E-state index in [1.165, 1.54) is 13.0 Å². The van der Waals surface area contributed by atoms with Gasteiger partial charge in [0.1, 0.15) is 0 Å². The van der Waals surface area contributed by atoms with Crippen LogP contribution in [0, 0.1) is 0 Å². The number of aliphatic hydroxyl groups is 1. The van der Waals surface area contributed by atoms with E-state index in [0.29, 0.717) is 6.04 Å². The van der Waals surface area contributed by atoms with Crippen LogP contribution in [-0.4, -0.2) is 48.8 Å². The monoisotopic (exact) mass is 158 g/mol. The number of likely N-dealkylation sites (N-methyl/N-ethyl adjacent to an activating group) is 1. The zero-order valence-electron chi connectivity index (χ0n) is 7.38. The Morgan fingerprint density at radius 2 is 2.45 bits per heavy atom. The highest BCUT2D eigenvalue weighted by Gasteiger charge is 2.19. The summed E-state index contributed by atoms with van der Waals surface area (Å²) in [5, 5.41) is 12.2. The lowest BCUT2D eigenvalue weighted by Gasteiger charge is -2.17. The Kier molecular flexibility index (Phi) is 3.30. The first kappa shape index (κ1) is 8.97. The zero-order chi connectivity index (χ0) is 8.27. The number of nitrogens with one attached hydrogen (secondary N) is 1. The molecule has 1 aliphatic heterocycles. The van der Waals surface area contributed by atoms with E-state index in [9.17, 15) is 0 Å². The first-order chi connectivity index (χ1) is 5.22. The summed E-state index contributed by atoms with van der Waals surface area (Å²) >= 11 is 0. The quantitative estimate of drug-likeness (QED) is 0.590. The fourth-order valence-electron chi connectivity index (χ4n) is 1.53. The van der Waals surface area contributed by atoms with E-state index in [0.717, 1.165) is 6.54 Å². The van der Waals surface area contributed by atoms with Crippen LogP contribution in [0.4, 0.5) is 0 Å². The molecule has 1 aliphatic rings. The predicted octanol–water partition coefficient (Wildman–Crippen LogP) is -0.339. The summed E-state index contributed by atoms with van der Waals surface area (Å²) in [5.41, 5.74) is 0. The van der Waals surface area contributed by atoms with E-state index in [2.05, 4.69) is 17.3 Å². The molecule has 2 N–H and O–H groups in total. The van der Waals surface area contributed by atoms with E-state index < -0.39 is 0 Å². The molecule has 2 atom stereocenters. The summed E-state index contributed by atoms with van der Waals surface area (Å²) in [6.45, 7) is 4.54. The van der Waals surface area contributed by atoms with Crippen molar-refractivity contribution in [2.45, 2.75) is 25.4 Å². The van der Waals surface area contributed by atoms with E-state index in [-0.39, 0.29) is 12.6 Å². The molecule has 0 saturated carbocycles. The van der Waals surface area contributed by atoms with E-state index in [1.54, 1.807) is 0 Å². The maximum Gasteiger partial charge on any atom is 0.0582 e. The molecule has 1 unspecified atom stereocenters. The van der Waals surface area contributed by atoms with Crippen molar-refractivity contribution < 1.29 is 5.11 Å². The maximum absolute atomic E-state index is 8.78. The molecular weight excluding hydrogens is 140 g/mol. The Morgan fingerprint density at radius 3 is 2.91 bits per heavy atom. The molecule has 0 aromatic heterocycles. The first-order valence-electron chi connectivity index (χ1n) is 4.28. The SMILES string of the molecule is C[C@@H](CO)NC1CCN(C)C1. The van der Waals surface area contributed by atoms with Crippen LogP contribution < -0.4 is 5.32 Å². The van der Waals surface area contributed by atoms with E-state index in [1.807, 2.05) is 6.92 Å². The van der Waals surface area contributed by atoms with Gasteiger partial charge in [0.05, 0.1) is 6.61 Å². The smallest absolute Gasteiger partial charge is 0.0582 e. The molecule has 0 amide bonds. The summed E-state index contributed by atoms with van der Waals surface area (Å²) in [6, 6.07) is 0.827. The summed E-state index contributed by atoms with van der Waals surface area (Å²) < 4.78 is 0. The lowest BCUT2D eigenvalue weighted by atomic mass is 10.2. The van der Waals surface area contributed by atoms with E-state index >= 15 is 0 Å². The van der Waals surface area contributed by atoms with Gasteiger partial charge in [0.2, 0.25) is 0 Å². The van der Waals surface area contributed by atoms with Crippen LogP contribution in [0.3, 0.4) is 0 Å². The first-order valence-corrected chi connectivity index (χ1v) is 4.28. The van der Waals surface area contributed by atoms with Crippen LogP contribution in [-0.2, 0) is 0 Å². The van der Waals surface area contributed by atoms with Crippen molar-refractivity contribution in [3.05, 3.63) is 0 Å². The van der Waals surface area contributed by atoms with Gasteiger partial charge < -0.3 is 15.3 Å². The second kappa shape index (κ2) is 4.04. The number of hydrogen-bond donors (Lipinski definition) is 2. The molecule has 0 bridgehead atoms. The minimum atomic E-state index is 0.236. The Hall–Kier alpha value is -0.120. The van der Waals surface area contributed by atoms with Gasteiger partial charge in [-0.15, -0.1) is 0 Å². The highest BCUT2D eigenvalue weighted by Crippen LogP contribution is 2.06. The zero-order valence-corrected chi connectivity index (χ0v) is 7.38. The lowest BCUT2D eigenvalue weighted by molar-refractivity contribution is 0.240.